The summed E-state index contributed by atoms with van der Waals surface area (Å²) in [5, 5.41) is 17.1. The summed E-state index contributed by atoms with van der Waals surface area (Å²) in [4.78, 5) is 22.3. The molecule has 0 aliphatic carbocycles. The van der Waals surface area contributed by atoms with Crippen LogP contribution in [0.15, 0.2) is 24.3 Å². The van der Waals surface area contributed by atoms with Crippen LogP contribution in [-0.4, -0.2) is 30.0 Å². The van der Waals surface area contributed by atoms with Crippen molar-refractivity contribution < 1.29 is 9.72 Å². The lowest BCUT2D eigenvalue weighted by Crippen LogP contribution is -2.45. The molecule has 2 unspecified atom stereocenters. The van der Waals surface area contributed by atoms with Gasteiger partial charge in [-0.05, 0) is 44.3 Å². The predicted molar refractivity (Wildman–Crippen MR) is 87.2 cm³/mol. The summed E-state index contributed by atoms with van der Waals surface area (Å²) < 4.78 is 0. The highest BCUT2D eigenvalue weighted by Gasteiger charge is 2.21. The molecule has 1 fully saturated rings. The van der Waals surface area contributed by atoms with Gasteiger partial charge < -0.3 is 10.6 Å². The Morgan fingerprint density at radius 3 is 2.95 bits per heavy atom. The molecule has 1 aliphatic rings. The van der Waals surface area contributed by atoms with Crippen molar-refractivity contribution in [1.29, 1.82) is 0 Å². The summed E-state index contributed by atoms with van der Waals surface area (Å²) in [6.45, 7) is 3.99. The maximum Gasteiger partial charge on any atom is 0.269 e. The summed E-state index contributed by atoms with van der Waals surface area (Å²) in [7, 11) is 0. The minimum Gasteiger partial charge on any atom is -0.353 e. The zero-order valence-electron chi connectivity index (χ0n) is 12.6. The molecular formula is C15H22ClN3O3. The van der Waals surface area contributed by atoms with E-state index in [1.54, 1.807) is 12.1 Å². The fourth-order valence-corrected chi connectivity index (χ4v) is 2.69. The van der Waals surface area contributed by atoms with Crippen LogP contribution in [0.25, 0.3) is 0 Å². The first-order valence-electron chi connectivity index (χ1n) is 7.29. The molecule has 6 nitrogen and oxygen atoms in total. The molecule has 2 atom stereocenters. The number of hydrogen-bond acceptors (Lipinski definition) is 4. The molecule has 1 aliphatic heterocycles. The third-order valence-corrected chi connectivity index (χ3v) is 3.92. The van der Waals surface area contributed by atoms with Crippen molar-refractivity contribution in [2.75, 3.05) is 13.1 Å². The second-order valence-corrected chi connectivity index (χ2v) is 5.57. The van der Waals surface area contributed by atoms with Crippen LogP contribution in [0.4, 0.5) is 5.69 Å². The Labute approximate surface area is 136 Å². The van der Waals surface area contributed by atoms with Gasteiger partial charge in [-0.15, -0.1) is 12.4 Å². The van der Waals surface area contributed by atoms with Crippen LogP contribution in [0, 0.1) is 16.0 Å². The van der Waals surface area contributed by atoms with E-state index >= 15 is 0 Å². The Morgan fingerprint density at radius 1 is 1.55 bits per heavy atom. The maximum atomic E-state index is 12.0. The van der Waals surface area contributed by atoms with E-state index in [4.69, 9.17) is 0 Å². The minimum absolute atomic E-state index is 0. The van der Waals surface area contributed by atoms with Crippen LogP contribution in [0.5, 0.6) is 0 Å². The highest BCUT2D eigenvalue weighted by molar-refractivity contribution is 5.85. The van der Waals surface area contributed by atoms with E-state index in [-0.39, 0.29) is 36.5 Å². The van der Waals surface area contributed by atoms with Crippen molar-refractivity contribution in [2.24, 2.45) is 5.92 Å². The van der Waals surface area contributed by atoms with E-state index in [2.05, 4.69) is 10.6 Å². The lowest BCUT2D eigenvalue weighted by atomic mass is 9.92. The van der Waals surface area contributed by atoms with Gasteiger partial charge in [0.05, 0.1) is 11.3 Å². The number of hydrogen-bond donors (Lipinski definition) is 2. The van der Waals surface area contributed by atoms with Crippen LogP contribution in [0.1, 0.15) is 25.3 Å². The molecule has 0 spiro atoms. The average Bonchev–Trinajstić information content (AvgIpc) is 2.48. The van der Waals surface area contributed by atoms with Crippen molar-refractivity contribution in [2.45, 2.75) is 32.2 Å². The van der Waals surface area contributed by atoms with Gasteiger partial charge in [-0.3, -0.25) is 14.9 Å². The Morgan fingerprint density at radius 2 is 2.32 bits per heavy atom. The SMILES string of the molecule is CC(NC(=O)Cc1cccc([N+](=O)[O-])c1)C1CCCNC1.Cl. The van der Waals surface area contributed by atoms with Crippen molar-refractivity contribution >= 4 is 24.0 Å². The summed E-state index contributed by atoms with van der Waals surface area (Å²) in [6, 6.07) is 6.34. The molecule has 1 saturated heterocycles. The second kappa shape index (κ2) is 8.70. The van der Waals surface area contributed by atoms with Gasteiger partial charge in [0, 0.05) is 18.2 Å². The molecule has 0 radical (unpaired) electrons. The van der Waals surface area contributed by atoms with Crippen molar-refractivity contribution in [3.8, 4) is 0 Å². The lowest BCUT2D eigenvalue weighted by molar-refractivity contribution is -0.384. The van der Waals surface area contributed by atoms with E-state index < -0.39 is 4.92 Å². The second-order valence-electron chi connectivity index (χ2n) is 5.57. The zero-order valence-corrected chi connectivity index (χ0v) is 13.4. The van der Waals surface area contributed by atoms with Crippen LogP contribution in [0.3, 0.4) is 0 Å². The third kappa shape index (κ3) is 5.27. The topological polar surface area (TPSA) is 84.3 Å². The Bertz CT molecular complexity index is 519. The molecule has 0 aromatic heterocycles. The molecule has 1 amide bonds. The summed E-state index contributed by atoms with van der Waals surface area (Å²) in [6.07, 6.45) is 2.42. The van der Waals surface area contributed by atoms with E-state index in [1.165, 1.54) is 12.1 Å². The number of nitrogens with one attached hydrogen (secondary N) is 2. The molecule has 22 heavy (non-hydrogen) atoms. The first kappa shape index (κ1) is 18.4. The molecule has 1 aromatic rings. The number of piperidine rings is 1. The highest BCUT2D eigenvalue weighted by Crippen LogP contribution is 2.16. The number of carbonyl (C=O) groups is 1. The highest BCUT2D eigenvalue weighted by atomic mass is 35.5. The minimum atomic E-state index is -0.447. The standard InChI is InChI=1S/C15H21N3O3.ClH/c1-11(13-5-3-7-16-10-13)17-15(19)9-12-4-2-6-14(8-12)18(20)21;/h2,4,6,8,11,13,16H,3,5,7,9-10H2,1H3,(H,17,19);1H. The van der Waals surface area contributed by atoms with E-state index in [1.807, 2.05) is 6.92 Å². The number of nitrogens with zero attached hydrogens (tertiary/aromatic N) is 1. The Kier molecular flexibility index (Phi) is 7.27. The van der Waals surface area contributed by atoms with Gasteiger partial charge in [0.15, 0.2) is 0 Å². The zero-order chi connectivity index (χ0) is 15.2. The Hall–Kier alpha value is -1.66. The molecular weight excluding hydrogens is 306 g/mol. The average molecular weight is 328 g/mol. The first-order valence-corrected chi connectivity index (χ1v) is 7.29. The quantitative estimate of drug-likeness (QED) is 0.640. The summed E-state index contributed by atoms with van der Waals surface area (Å²) >= 11 is 0. The molecule has 0 bridgehead atoms. The van der Waals surface area contributed by atoms with Crippen LogP contribution in [-0.2, 0) is 11.2 Å². The van der Waals surface area contributed by atoms with Gasteiger partial charge in [-0.25, -0.2) is 0 Å². The normalized spacial score (nSPS) is 18.9. The number of non-ortho nitro benzene ring substituents is 1. The fourth-order valence-electron chi connectivity index (χ4n) is 2.69. The van der Waals surface area contributed by atoms with Gasteiger partial charge >= 0.3 is 0 Å². The van der Waals surface area contributed by atoms with E-state index in [0.717, 1.165) is 25.9 Å². The van der Waals surface area contributed by atoms with Crippen LogP contribution in [0.2, 0.25) is 0 Å². The predicted octanol–water partition coefficient (Wildman–Crippen LogP) is 2.06. The number of carbonyl (C=O) groups excluding carboxylic acids is 1. The monoisotopic (exact) mass is 327 g/mol. The van der Waals surface area contributed by atoms with Crippen LogP contribution >= 0.6 is 12.4 Å². The molecule has 2 rings (SSSR count). The third-order valence-electron chi connectivity index (χ3n) is 3.92. The number of nitro benzene ring substituents is 1. The van der Waals surface area contributed by atoms with Gasteiger partial charge in [0.2, 0.25) is 5.91 Å². The van der Waals surface area contributed by atoms with E-state index in [0.29, 0.717) is 11.5 Å². The fraction of sp³-hybridized carbons (Fsp3) is 0.533. The molecule has 2 N–H and O–H groups in total. The van der Waals surface area contributed by atoms with Crippen molar-refractivity contribution in [3.63, 3.8) is 0 Å². The van der Waals surface area contributed by atoms with E-state index in [9.17, 15) is 14.9 Å². The number of amides is 1. The first-order chi connectivity index (χ1) is 10.1. The number of nitro groups is 1. The number of benzene rings is 1. The number of halogens is 1. The van der Waals surface area contributed by atoms with Gasteiger partial charge in [-0.2, -0.15) is 0 Å². The number of rotatable bonds is 5. The molecule has 1 aromatic carbocycles. The molecule has 0 saturated carbocycles. The lowest BCUT2D eigenvalue weighted by Gasteiger charge is -2.28. The molecule has 122 valence electrons. The Balaban J connectivity index is 0.00000242. The summed E-state index contributed by atoms with van der Waals surface area (Å²) in [5.74, 6) is 0.362. The van der Waals surface area contributed by atoms with Crippen LogP contribution < -0.4 is 10.6 Å². The largest absolute Gasteiger partial charge is 0.353 e. The molecule has 7 heteroatoms. The van der Waals surface area contributed by atoms with Crippen molar-refractivity contribution in [1.82, 2.24) is 10.6 Å². The van der Waals surface area contributed by atoms with Gasteiger partial charge in [0.1, 0.15) is 0 Å². The van der Waals surface area contributed by atoms with Gasteiger partial charge in [0.25, 0.3) is 5.69 Å². The summed E-state index contributed by atoms with van der Waals surface area (Å²) in [5.41, 5.74) is 0.681. The van der Waals surface area contributed by atoms with Gasteiger partial charge in [-0.1, -0.05) is 12.1 Å². The van der Waals surface area contributed by atoms with Crippen molar-refractivity contribution in [3.05, 3.63) is 39.9 Å². The smallest absolute Gasteiger partial charge is 0.269 e. The maximum absolute atomic E-state index is 12.0. The molecule has 1 heterocycles.